The number of piperazine rings is 1. The standard InChI is InChI=1S/C24H33N7O/c1-30(2)24(18-6-4-3-5-7-18)10-8-23(9-11-24)17-31(22(32)29-23)19-14-27-21(28-15-19)20-16-25-12-13-26-20/h3-7,14-15,20,25-26H,8-13,16-17H2,1-2H3,(H,29,32)/t20?,23-,24-. The molecule has 3 N–H and O–H groups in total. The van der Waals surface area contributed by atoms with Gasteiger partial charge in [-0.1, -0.05) is 30.3 Å². The van der Waals surface area contributed by atoms with E-state index in [1.807, 2.05) is 4.90 Å². The van der Waals surface area contributed by atoms with Gasteiger partial charge in [0.15, 0.2) is 0 Å². The highest BCUT2D eigenvalue weighted by molar-refractivity contribution is 5.95. The van der Waals surface area contributed by atoms with E-state index in [1.54, 1.807) is 12.4 Å². The van der Waals surface area contributed by atoms with Gasteiger partial charge in [0.05, 0.1) is 36.2 Å². The van der Waals surface area contributed by atoms with Gasteiger partial charge in [-0.2, -0.15) is 0 Å². The summed E-state index contributed by atoms with van der Waals surface area (Å²) in [4.78, 5) is 26.2. The summed E-state index contributed by atoms with van der Waals surface area (Å²) in [6, 6.07) is 10.8. The van der Waals surface area contributed by atoms with E-state index in [4.69, 9.17) is 0 Å². The molecular weight excluding hydrogens is 402 g/mol. The lowest BCUT2D eigenvalue weighted by atomic mass is 9.69. The largest absolute Gasteiger partial charge is 0.330 e. The Balaban J connectivity index is 1.30. The van der Waals surface area contributed by atoms with Gasteiger partial charge in [0.2, 0.25) is 0 Å². The maximum absolute atomic E-state index is 12.9. The molecule has 32 heavy (non-hydrogen) atoms. The van der Waals surface area contributed by atoms with Crippen LogP contribution in [0.2, 0.25) is 0 Å². The fourth-order valence-corrected chi connectivity index (χ4v) is 5.57. The van der Waals surface area contributed by atoms with E-state index in [0.717, 1.165) is 56.8 Å². The van der Waals surface area contributed by atoms with E-state index < -0.39 is 0 Å². The number of nitrogens with one attached hydrogen (secondary N) is 3. The van der Waals surface area contributed by atoms with Crippen molar-refractivity contribution in [2.45, 2.75) is 42.8 Å². The SMILES string of the molecule is CN(C)[C@]1(c2ccccc2)CC[C@@]2(CC1)CN(c1cnc(C3CNCCN3)nc1)C(=O)N2. The van der Waals surface area contributed by atoms with Crippen LogP contribution < -0.4 is 20.9 Å². The fraction of sp³-hybridized carbons (Fsp3) is 0.542. The van der Waals surface area contributed by atoms with Gasteiger partial charge in [-0.3, -0.25) is 9.80 Å². The number of hydrogen-bond donors (Lipinski definition) is 3. The molecule has 1 aromatic carbocycles. The Morgan fingerprint density at radius 2 is 1.75 bits per heavy atom. The molecule has 1 aliphatic carbocycles. The third-order valence-electron chi connectivity index (χ3n) is 7.60. The number of hydrogen-bond acceptors (Lipinski definition) is 6. The molecule has 2 aliphatic heterocycles. The summed E-state index contributed by atoms with van der Waals surface area (Å²) in [7, 11) is 4.33. The Morgan fingerprint density at radius 3 is 2.38 bits per heavy atom. The molecule has 0 radical (unpaired) electrons. The van der Waals surface area contributed by atoms with Crippen molar-refractivity contribution in [2.75, 3.05) is 45.2 Å². The fourth-order valence-electron chi connectivity index (χ4n) is 5.57. The molecule has 1 aromatic heterocycles. The quantitative estimate of drug-likeness (QED) is 0.681. The van der Waals surface area contributed by atoms with E-state index in [9.17, 15) is 4.79 Å². The highest BCUT2D eigenvalue weighted by atomic mass is 16.2. The highest BCUT2D eigenvalue weighted by Crippen LogP contribution is 2.46. The Bertz CT molecular complexity index is 933. The first kappa shape index (κ1) is 21.3. The van der Waals surface area contributed by atoms with Crippen molar-refractivity contribution in [3.63, 3.8) is 0 Å². The van der Waals surface area contributed by atoms with Crippen molar-refractivity contribution >= 4 is 11.7 Å². The van der Waals surface area contributed by atoms with Gasteiger partial charge in [-0.05, 0) is 45.3 Å². The molecule has 5 rings (SSSR count). The van der Waals surface area contributed by atoms with Crippen molar-refractivity contribution in [3.05, 3.63) is 54.1 Å². The summed E-state index contributed by atoms with van der Waals surface area (Å²) >= 11 is 0. The van der Waals surface area contributed by atoms with E-state index in [1.165, 1.54) is 5.56 Å². The van der Waals surface area contributed by atoms with E-state index in [0.29, 0.717) is 6.54 Å². The van der Waals surface area contributed by atoms with E-state index >= 15 is 0 Å². The molecular formula is C24H33N7O. The molecule has 3 fully saturated rings. The monoisotopic (exact) mass is 435 g/mol. The number of benzene rings is 1. The summed E-state index contributed by atoms with van der Waals surface area (Å²) in [6.45, 7) is 3.35. The lowest BCUT2D eigenvalue weighted by Gasteiger charge is -2.48. The molecule has 0 bridgehead atoms. The smallest absolute Gasteiger partial charge is 0.322 e. The van der Waals surface area contributed by atoms with Crippen molar-refractivity contribution in [1.29, 1.82) is 0 Å². The van der Waals surface area contributed by atoms with Gasteiger partial charge >= 0.3 is 6.03 Å². The lowest BCUT2D eigenvalue weighted by Crippen LogP contribution is -2.54. The third kappa shape index (κ3) is 3.76. The number of anilines is 1. The van der Waals surface area contributed by atoms with Crippen LogP contribution in [0.4, 0.5) is 10.5 Å². The van der Waals surface area contributed by atoms with Crippen molar-refractivity contribution < 1.29 is 4.79 Å². The number of carbonyl (C=O) groups excluding carboxylic acids is 1. The Kier molecular flexibility index (Phi) is 5.61. The number of aromatic nitrogens is 2. The van der Waals surface area contributed by atoms with Crippen molar-refractivity contribution in [3.8, 4) is 0 Å². The first-order valence-corrected chi connectivity index (χ1v) is 11.6. The predicted molar refractivity (Wildman–Crippen MR) is 125 cm³/mol. The van der Waals surface area contributed by atoms with Crippen LogP contribution in [-0.4, -0.2) is 66.7 Å². The van der Waals surface area contributed by atoms with Crippen LogP contribution in [0.1, 0.15) is 43.1 Å². The summed E-state index contributed by atoms with van der Waals surface area (Å²) in [5.41, 5.74) is 1.94. The molecule has 2 saturated heterocycles. The number of nitrogens with zero attached hydrogens (tertiary/aromatic N) is 4. The van der Waals surface area contributed by atoms with Gasteiger partial charge in [-0.15, -0.1) is 0 Å². The minimum Gasteiger partial charge on any atom is -0.330 e. The molecule has 1 atom stereocenters. The highest BCUT2D eigenvalue weighted by Gasteiger charge is 2.50. The molecule has 3 heterocycles. The van der Waals surface area contributed by atoms with E-state index in [2.05, 4.69) is 75.2 Å². The number of urea groups is 1. The second-order valence-corrected chi connectivity index (χ2v) is 9.60. The van der Waals surface area contributed by atoms with Gasteiger partial charge in [-0.25, -0.2) is 14.8 Å². The van der Waals surface area contributed by atoms with E-state index in [-0.39, 0.29) is 23.2 Å². The number of rotatable bonds is 4. The maximum Gasteiger partial charge on any atom is 0.322 e. The van der Waals surface area contributed by atoms with Gasteiger partial charge < -0.3 is 16.0 Å². The van der Waals surface area contributed by atoms with Crippen LogP contribution in [-0.2, 0) is 5.54 Å². The molecule has 1 saturated carbocycles. The average molecular weight is 436 g/mol. The zero-order valence-electron chi connectivity index (χ0n) is 19.0. The summed E-state index contributed by atoms with van der Waals surface area (Å²) in [6.07, 6.45) is 7.47. The van der Waals surface area contributed by atoms with Gasteiger partial charge in [0.25, 0.3) is 0 Å². The normalized spacial score (nSPS) is 30.7. The topological polar surface area (TPSA) is 85.4 Å². The van der Waals surface area contributed by atoms with Gasteiger partial charge in [0, 0.05) is 25.2 Å². The maximum atomic E-state index is 12.9. The second kappa shape index (κ2) is 8.42. The number of amides is 2. The first-order chi connectivity index (χ1) is 15.5. The average Bonchev–Trinajstić information content (AvgIpc) is 3.16. The van der Waals surface area contributed by atoms with Crippen LogP contribution in [0.15, 0.2) is 42.7 Å². The third-order valence-corrected chi connectivity index (χ3v) is 7.60. The predicted octanol–water partition coefficient (Wildman–Crippen LogP) is 2.01. The van der Waals surface area contributed by atoms with Crippen molar-refractivity contribution in [2.24, 2.45) is 0 Å². The van der Waals surface area contributed by atoms with Crippen molar-refractivity contribution in [1.82, 2.24) is 30.8 Å². The van der Waals surface area contributed by atoms with Crippen LogP contribution in [0.5, 0.6) is 0 Å². The van der Waals surface area contributed by atoms with Gasteiger partial charge in [0.1, 0.15) is 5.82 Å². The zero-order chi connectivity index (χ0) is 22.2. The first-order valence-electron chi connectivity index (χ1n) is 11.6. The molecule has 170 valence electrons. The molecule has 1 spiro atoms. The Morgan fingerprint density at radius 1 is 1.03 bits per heavy atom. The minimum absolute atomic E-state index is 0.0104. The molecule has 8 heteroatoms. The minimum atomic E-state index is -0.196. The van der Waals surface area contributed by atoms with Crippen LogP contribution in [0, 0.1) is 0 Å². The molecule has 2 amide bonds. The molecule has 8 nitrogen and oxygen atoms in total. The lowest BCUT2D eigenvalue weighted by molar-refractivity contribution is 0.0658. The Hall–Kier alpha value is -2.55. The molecule has 3 aliphatic rings. The second-order valence-electron chi connectivity index (χ2n) is 9.60. The summed E-state index contributed by atoms with van der Waals surface area (Å²) < 4.78 is 0. The van der Waals surface area contributed by atoms with Crippen LogP contribution in [0.25, 0.3) is 0 Å². The summed E-state index contributed by atoms with van der Waals surface area (Å²) in [5, 5.41) is 10.1. The molecule has 1 unspecified atom stereocenters. The molecule has 2 aromatic rings. The zero-order valence-corrected chi connectivity index (χ0v) is 19.0. The van der Waals surface area contributed by atoms with Crippen LogP contribution >= 0.6 is 0 Å². The summed E-state index contributed by atoms with van der Waals surface area (Å²) in [5.74, 6) is 0.770. The Labute approximate surface area is 189 Å². The number of carbonyl (C=O) groups is 1. The van der Waals surface area contributed by atoms with Crippen LogP contribution in [0.3, 0.4) is 0 Å².